The van der Waals surface area contributed by atoms with Crippen LogP contribution in [0.4, 0.5) is 0 Å². The van der Waals surface area contributed by atoms with Crippen molar-refractivity contribution in [3.05, 3.63) is 66.4 Å². The first kappa shape index (κ1) is 15.3. The largest absolute Gasteiger partial charge is 0.347 e. The molecule has 118 valence electrons. The molecule has 1 aromatic heterocycles. The van der Waals surface area contributed by atoms with E-state index in [1.807, 2.05) is 30.5 Å². The predicted molar refractivity (Wildman–Crippen MR) is 92.0 cm³/mol. The Morgan fingerprint density at radius 1 is 1.09 bits per heavy atom. The highest BCUT2D eigenvalue weighted by atomic mass is 32.2. The zero-order valence-corrected chi connectivity index (χ0v) is 13.5. The number of sulfonamides is 1. The fourth-order valence-corrected chi connectivity index (χ4v) is 3.27. The number of hydrazone groups is 1. The summed E-state index contributed by atoms with van der Waals surface area (Å²) in [7, 11) is -3.64. The maximum absolute atomic E-state index is 12.1. The molecule has 5 nitrogen and oxygen atoms in total. The fourth-order valence-electron chi connectivity index (χ4n) is 2.46. The summed E-state index contributed by atoms with van der Waals surface area (Å²) >= 11 is 0. The molecule has 0 aliphatic heterocycles. The molecule has 0 saturated heterocycles. The maximum atomic E-state index is 12.1. The summed E-state index contributed by atoms with van der Waals surface area (Å²) in [5, 5.41) is 4.95. The first-order valence-corrected chi connectivity index (χ1v) is 8.78. The summed E-state index contributed by atoms with van der Waals surface area (Å²) in [4.78, 5) is 2.44. The minimum atomic E-state index is -3.64. The Bertz CT molecular complexity index is 944. The van der Waals surface area contributed by atoms with E-state index in [1.54, 1.807) is 18.2 Å². The molecular weight excluding hydrogens is 310 g/mol. The number of fused-ring (bicyclic) bond motifs is 1. The van der Waals surface area contributed by atoms with Gasteiger partial charge in [-0.1, -0.05) is 36.4 Å². The third-order valence-electron chi connectivity index (χ3n) is 3.59. The molecule has 0 aliphatic rings. The Labute approximate surface area is 135 Å². The molecule has 3 aromatic rings. The molecule has 3 rings (SSSR count). The van der Waals surface area contributed by atoms with Gasteiger partial charge in [-0.3, -0.25) is 0 Å². The van der Waals surface area contributed by atoms with E-state index in [9.17, 15) is 8.42 Å². The lowest BCUT2D eigenvalue weighted by Gasteiger charge is -2.02. The van der Waals surface area contributed by atoms with Gasteiger partial charge in [-0.15, -0.1) is 0 Å². The Hall–Kier alpha value is -2.60. The van der Waals surface area contributed by atoms with Gasteiger partial charge in [0.05, 0.1) is 11.1 Å². The second-order valence-electron chi connectivity index (χ2n) is 5.05. The van der Waals surface area contributed by atoms with E-state index in [1.165, 1.54) is 18.3 Å². The standard InChI is InChI=1S/C17H17N3O2S/c1-2-20-13-14(16-10-6-7-11-17(16)20)12-18-19-23(21,22)15-8-4-3-5-9-15/h3-13,19H,2H2,1H3/b18-12+. The average Bonchev–Trinajstić information content (AvgIpc) is 2.94. The Morgan fingerprint density at radius 3 is 2.52 bits per heavy atom. The van der Waals surface area contributed by atoms with Crippen LogP contribution in [0.15, 0.2) is 70.8 Å². The van der Waals surface area contributed by atoms with Crippen molar-refractivity contribution in [1.29, 1.82) is 0 Å². The first-order chi connectivity index (χ1) is 11.1. The van der Waals surface area contributed by atoms with E-state index < -0.39 is 10.0 Å². The van der Waals surface area contributed by atoms with Gasteiger partial charge in [0.2, 0.25) is 0 Å². The highest BCUT2D eigenvalue weighted by Crippen LogP contribution is 2.19. The molecule has 0 fully saturated rings. The van der Waals surface area contributed by atoms with Crippen molar-refractivity contribution in [2.75, 3.05) is 0 Å². The van der Waals surface area contributed by atoms with Crippen molar-refractivity contribution in [2.45, 2.75) is 18.4 Å². The zero-order valence-electron chi connectivity index (χ0n) is 12.7. The Kier molecular flexibility index (Phi) is 4.16. The van der Waals surface area contributed by atoms with Crippen molar-refractivity contribution in [2.24, 2.45) is 5.10 Å². The SMILES string of the molecule is CCn1cc(/C=N/NS(=O)(=O)c2ccccc2)c2ccccc21. The number of aryl methyl sites for hydroxylation is 1. The molecule has 23 heavy (non-hydrogen) atoms. The Balaban J connectivity index is 1.87. The second-order valence-corrected chi connectivity index (χ2v) is 6.71. The third kappa shape index (κ3) is 3.12. The fraction of sp³-hybridized carbons (Fsp3) is 0.118. The van der Waals surface area contributed by atoms with Gasteiger partial charge in [0, 0.05) is 29.2 Å². The minimum Gasteiger partial charge on any atom is -0.347 e. The molecule has 0 spiro atoms. The summed E-state index contributed by atoms with van der Waals surface area (Å²) < 4.78 is 26.3. The molecule has 6 heteroatoms. The number of rotatable bonds is 5. The van der Waals surface area contributed by atoms with Gasteiger partial charge in [-0.05, 0) is 25.1 Å². The average molecular weight is 327 g/mol. The van der Waals surface area contributed by atoms with E-state index in [-0.39, 0.29) is 4.90 Å². The molecule has 0 amide bonds. The van der Waals surface area contributed by atoms with Crippen molar-refractivity contribution < 1.29 is 8.42 Å². The van der Waals surface area contributed by atoms with E-state index >= 15 is 0 Å². The Morgan fingerprint density at radius 2 is 1.78 bits per heavy atom. The van der Waals surface area contributed by atoms with Crippen LogP contribution in [0.2, 0.25) is 0 Å². The smallest absolute Gasteiger partial charge is 0.276 e. The highest BCUT2D eigenvalue weighted by molar-refractivity contribution is 7.89. The monoisotopic (exact) mass is 327 g/mol. The molecule has 0 unspecified atom stereocenters. The van der Waals surface area contributed by atoms with Crippen LogP contribution >= 0.6 is 0 Å². The van der Waals surface area contributed by atoms with Gasteiger partial charge >= 0.3 is 0 Å². The van der Waals surface area contributed by atoms with Gasteiger partial charge in [-0.2, -0.15) is 13.5 Å². The van der Waals surface area contributed by atoms with Crippen LogP contribution in [0.5, 0.6) is 0 Å². The van der Waals surface area contributed by atoms with Crippen molar-refractivity contribution in [1.82, 2.24) is 9.40 Å². The lowest BCUT2D eigenvalue weighted by Crippen LogP contribution is -2.18. The molecule has 1 heterocycles. The van der Waals surface area contributed by atoms with Crippen LogP contribution < -0.4 is 4.83 Å². The number of para-hydroxylation sites is 1. The summed E-state index contributed by atoms with van der Waals surface area (Å²) in [5.74, 6) is 0. The van der Waals surface area contributed by atoms with Gasteiger partial charge in [0.1, 0.15) is 0 Å². The quantitative estimate of drug-likeness (QED) is 0.578. The number of nitrogens with one attached hydrogen (secondary N) is 1. The third-order valence-corrected chi connectivity index (χ3v) is 4.83. The van der Waals surface area contributed by atoms with Gasteiger partial charge < -0.3 is 4.57 Å². The van der Waals surface area contributed by atoms with Crippen LogP contribution in [0.3, 0.4) is 0 Å². The number of nitrogens with zero attached hydrogens (tertiary/aromatic N) is 2. The van der Waals surface area contributed by atoms with Gasteiger partial charge in [0.25, 0.3) is 10.0 Å². The van der Waals surface area contributed by atoms with Crippen LogP contribution in [-0.4, -0.2) is 19.2 Å². The molecule has 1 N–H and O–H groups in total. The molecule has 0 aliphatic carbocycles. The summed E-state index contributed by atoms with van der Waals surface area (Å²) in [6.07, 6.45) is 3.50. The molecular formula is C17H17N3O2S. The molecule has 0 atom stereocenters. The number of hydrogen-bond donors (Lipinski definition) is 1. The number of aromatic nitrogens is 1. The minimum absolute atomic E-state index is 0.188. The molecule has 0 saturated carbocycles. The van der Waals surface area contributed by atoms with Crippen LogP contribution in [0.25, 0.3) is 10.9 Å². The first-order valence-electron chi connectivity index (χ1n) is 7.29. The van der Waals surface area contributed by atoms with Gasteiger partial charge in [-0.25, -0.2) is 4.83 Å². The topological polar surface area (TPSA) is 63.5 Å². The zero-order chi connectivity index (χ0) is 16.3. The second kappa shape index (κ2) is 6.26. The van der Waals surface area contributed by atoms with Crippen molar-refractivity contribution in [3.63, 3.8) is 0 Å². The molecule has 2 aromatic carbocycles. The summed E-state index contributed by atoms with van der Waals surface area (Å²) in [6, 6.07) is 16.1. The summed E-state index contributed by atoms with van der Waals surface area (Å²) in [5.41, 5.74) is 1.97. The summed E-state index contributed by atoms with van der Waals surface area (Å²) in [6.45, 7) is 2.90. The van der Waals surface area contributed by atoms with Crippen molar-refractivity contribution >= 4 is 27.1 Å². The number of benzene rings is 2. The van der Waals surface area contributed by atoms with E-state index in [2.05, 4.69) is 21.4 Å². The van der Waals surface area contributed by atoms with Crippen LogP contribution in [0.1, 0.15) is 12.5 Å². The van der Waals surface area contributed by atoms with Crippen molar-refractivity contribution in [3.8, 4) is 0 Å². The molecule has 0 radical (unpaired) electrons. The van der Waals surface area contributed by atoms with Crippen LogP contribution in [-0.2, 0) is 16.6 Å². The normalized spacial score (nSPS) is 12.0. The lowest BCUT2D eigenvalue weighted by atomic mass is 10.2. The number of hydrogen-bond acceptors (Lipinski definition) is 3. The van der Waals surface area contributed by atoms with E-state index in [0.29, 0.717) is 0 Å². The van der Waals surface area contributed by atoms with E-state index in [0.717, 1.165) is 23.0 Å². The maximum Gasteiger partial charge on any atom is 0.276 e. The molecule has 0 bridgehead atoms. The predicted octanol–water partition coefficient (Wildman–Crippen LogP) is 2.97. The highest BCUT2D eigenvalue weighted by Gasteiger charge is 2.11. The van der Waals surface area contributed by atoms with Crippen LogP contribution in [0, 0.1) is 0 Å². The van der Waals surface area contributed by atoms with E-state index in [4.69, 9.17) is 0 Å². The lowest BCUT2D eigenvalue weighted by molar-refractivity contribution is 0.584. The van der Waals surface area contributed by atoms with Gasteiger partial charge in [0.15, 0.2) is 0 Å².